The van der Waals surface area contributed by atoms with E-state index in [2.05, 4.69) is 67.9 Å². The highest BCUT2D eigenvalue weighted by atomic mass is 16.3. The minimum atomic E-state index is -0.326. The van der Waals surface area contributed by atoms with E-state index in [4.69, 9.17) is 0 Å². The standard InChI is InChI=1S/C29H36O2/c1-11-18-15-20(13-3)24(26(30)22(16-18)28(5,6)7)25-21(14-4)19(12-2)17-23(27(25)31)29(8,9)10/h11-14,16-17,30-31H,1-4,15H2,5-10H3. The van der Waals surface area contributed by atoms with Gasteiger partial charge >= 0.3 is 0 Å². The van der Waals surface area contributed by atoms with Gasteiger partial charge in [-0.3, -0.25) is 0 Å². The average Bonchev–Trinajstić information content (AvgIpc) is 2.82. The lowest BCUT2D eigenvalue weighted by Crippen LogP contribution is -2.15. The molecule has 0 aliphatic heterocycles. The Bertz CT molecular complexity index is 1040. The average molecular weight is 417 g/mol. The number of allylic oxidation sites excluding steroid dienone is 7. The molecule has 0 bridgehead atoms. The number of aromatic hydroxyl groups is 1. The number of phenols is 1. The van der Waals surface area contributed by atoms with Gasteiger partial charge in [-0.15, -0.1) is 0 Å². The van der Waals surface area contributed by atoms with Crippen LogP contribution in [0.25, 0.3) is 17.7 Å². The zero-order valence-corrected chi connectivity index (χ0v) is 19.9. The molecule has 0 heterocycles. The topological polar surface area (TPSA) is 40.5 Å². The number of rotatable bonds is 5. The van der Waals surface area contributed by atoms with E-state index < -0.39 is 0 Å². The molecule has 0 saturated carbocycles. The van der Waals surface area contributed by atoms with Crippen molar-refractivity contribution in [1.29, 1.82) is 0 Å². The summed E-state index contributed by atoms with van der Waals surface area (Å²) in [4.78, 5) is 0. The van der Waals surface area contributed by atoms with Gasteiger partial charge in [-0.2, -0.15) is 0 Å². The van der Waals surface area contributed by atoms with E-state index in [-0.39, 0.29) is 22.3 Å². The SMILES string of the molecule is C=CC1=CC(C(C)(C)C)=C(O)C(c2c(O)c(C(C)(C)C)cc(C=C)c2C=C)=C(C=C)C1. The molecule has 2 rings (SSSR count). The zero-order valence-electron chi connectivity index (χ0n) is 19.9. The fraction of sp³-hybridized carbons (Fsp3) is 0.310. The Hall–Kier alpha value is -3.00. The van der Waals surface area contributed by atoms with E-state index >= 15 is 0 Å². The normalized spacial score (nSPS) is 15.4. The molecular weight excluding hydrogens is 380 g/mol. The molecule has 0 saturated heterocycles. The number of hydrogen-bond acceptors (Lipinski definition) is 2. The Morgan fingerprint density at radius 1 is 0.839 bits per heavy atom. The van der Waals surface area contributed by atoms with Crippen molar-refractivity contribution in [3.8, 4) is 5.75 Å². The molecule has 1 aliphatic carbocycles. The molecule has 2 N–H and O–H groups in total. The number of aliphatic hydroxyl groups excluding tert-OH is 1. The Balaban J connectivity index is 3.17. The summed E-state index contributed by atoms with van der Waals surface area (Å²) >= 11 is 0. The summed E-state index contributed by atoms with van der Waals surface area (Å²) in [7, 11) is 0. The summed E-state index contributed by atoms with van der Waals surface area (Å²) in [5.74, 6) is 0.280. The minimum absolute atomic E-state index is 0.138. The van der Waals surface area contributed by atoms with Crippen LogP contribution in [-0.4, -0.2) is 10.2 Å². The van der Waals surface area contributed by atoms with Crippen molar-refractivity contribution in [2.75, 3.05) is 0 Å². The van der Waals surface area contributed by atoms with Crippen LogP contribution in [-0.2, 0) is 5.41 Å². The van der Waals surface area contributed by atoms with Crippen molar-refractivity contribution >= 4 is 17.7 Å². The second kappa shape index (κ2) is 8.63. The van der Waals surface area contributed by atoms with Crippen molar-refractivity contribution in [3.05, 3.63) is 95.3 Å². The van der Waals surface area contributed by atoms with Crippen molar-refractivity contribution in [2.45, 2.75) is 53.4 Å². The molecule has 31 heavy (non-hydrogen) atoms. The van der Waals surface area contributed by atoms with Gasteiger partial charge in [0.25, 0.3) is 0 Å². The van der Waals surface area contributed by atoms with E-state index in [1.807, 2.05) is 12.1 Å². The molecule has 0 amide bonds. The van der Waals surface area contributed by atoms with Gasteiger partial charge in [-0.1, -0.05) is 98.2 Å². The van der Waals surface area contributed by atoms with E-state index in [9.17, 15) is 10.2 Å². The van der Waals surface area contributed by atoms with Crippen LogP contribution >= 0.6 is 0 Å². The van der Waals surface area contributed by atoms with Gasteiger partial charge in [0.1, 0.15) is 11.5 Å². The third kappa shape index (κ3) is 4.54. The Morgan fingerprint density at radius 3 is 1.87 bits per heavy atom. The van der Waals surface area contributed by atoms with Crippen LogP contribution in [0, 0.1) is 5.41 Å². The largest absolute Gasteiger partial charge is 0.507 e. The fourth-order valence-corrected chi connectivity index (χ4v) is 3.98. The Morgan fingerprint density at radius 2 is 1.45 bits per heavy atom. The van der Waals surface area contributed by atoms with Crippen molar-refractivity contribution in [2.24, 2.45) is 5.41 Å². The van der Waals surface area contributed by atoms with Crippen molar-refractivity contribution in [1.82, 2.24) is 0 Å². The van der Waals surface area contributed by atoms with Gasteiger partial charge in [0.15, 0.2) is 0 Å². The number of hydrogen-bond donors (Lipinski definition) is 2. The van der Waals surface area contributed by atoms with Crippen LogP contribution in [0.15, 0.2) is 73.1 Å². The lowest BCUT2D eigenvalue weighted by atomic mass is 9.78. The molecule has 0 atom stereocenters. The van der Waals surface area contributed by atoms with E-state index in [0.29, 0.717) is 17.6 Å². The summed E-state index contributed by atoms with van der Waals surface area (Å²) in [5.41, 5.74) is 5.46. The lowest BCUT2D eigenvalue weighted by Gasteiger charge is -2.27. The van der Waals surface area contributed by atoms with Gasteiger partial charge in [0.05, 0.1) is 0 Å². The van der Waals surface area contributed by atoms with E-state index in [1.54, 1.807) is 24.3 Å². The van der Waals surface area contributed by atoms with Gasteiger partial charge < -0.3 is 10.2 Å². The highest BCUT2D eigenvalue weighted by molar-refractivity contribution is 5.92. The van der Waals surface area contributed by atoms with Gasteiger partial charge in [-0.05, 0) is 45.6 Å². The van der Waals surface area contributed by atoms with Crippen LogP contribution in [0.3, 0.4) is 0 Å². The predicted octanol–water partition coefficient (Wildman–Crippen LogP) is 8.29. The predicted molar refractivity (Wildman–Crippen MR) is 136 cm³/mol. The maximum absolute atomic E-state index is 11.6. The van der Waals surface area contributed by atoms with E-state index in [0.717, 1.165) is 33.4 Å². The third-order valence-corrected chi connectivity index (χ3v) is 5.71. The first-order valence-electron chi connectivity index (χ1n) is 10.6. The second-order valence-electron chi connectivity index (χ2n) is 10.0. The number of benzene rings is 1. The monoisotopic (exact) mass is 416 g/mol. The van der Waals surface area contributed by atoms with E-state index in [1.165, 1.54) is 0 Å². The molecule has 164 valence electrons. The third-order valence-electron chi connectivity index (χ3n) is 5.71. The van der Waals surface area contributed by atoms with Crippen LogP contribution in [0.5, 0.6) is 5.75 Å². The summed E-state index contributed by atoms with van der Waals surface area (Å²) in [6.07, 6.45) is 9.57. The molecule has 0 spiro atoms. The lowest BCUT2D eigenvalue weighted by molar-refractivity contribution is 0.400. The molecule has 0 aromatic heterocycles. The summed E-state index contributed by atoms with van der Waals surface area (Å²) < 4.78 is 0. The molecule has 2 heteroatoms. The van der Waals surface area contributed by atoms with Gasteiger partial charge in [-0.25, -0.2) is 0 Å². The first kappa shape index (κ1) is 24.3. The Kier molecular flexibility index (Phi) is 6.75. The molecular formula is C29H36O2. The van der Waals surface area contributed by atoms with Crippen LogP contribution < -0.4 is 0 Å². The maximum atomic E-state index is 11.6. The molecule has 0 fully saturated rings. The minimum Gasteiger partial charge on any atom is -0.507 e. The fourth-order valence-electron chi connectivity index (χ4n) is 3.98. The number of aliphatic hydroxyl groups is 1. The number of phenolic OH excluding ortho intramolecular Hbond substituents is 1. The van der Waals surface area contributed by atoms with Crippen LogP contribution in [0.4, 0.5) is 0 Å². The zero-order chi connectivity index (χ0) is 23.7. The van der Waals surface area contributed by atoms with Crippen LogP contribution in [0.1, 0.15) is 70.2 Å². The summed E-state index contributed by atoms with van der Waals surface area (Å²) in [6, 6.07) is 1.95. The second-order valence-corrected chi connectivity index (χ2v) is 10.0. The van der Waals surface area contributed by atoms with Gasteiger partial charge in [0, 0.05) is 22.3 Å². The maximum Gasteiger partial charge on any atom is 0.127 e. The smallest absolute Gasteiger partial charge is 0.127 e. The highest BCUT2D eigenvalue weighted by Gasteiger charge is 2.31. The summed E-state index contributed by atoms with van der Waals surface area (Å²) in [5, 5.41) is 23.2. The highest BCUT2D eigenvalue weighted by Crippen LogP contribution is 2.47. The molecule has 0 radical (unpaired) electrons. The van der Waals surface area contributed by atoms with Crippen molar-refractivity contribution < 1.29 is 10.2 Å². The molecule has 1 aliphatic rings. The molecule has 2 nitrogen and oxygen atoms in total. The summed E-state index contributed by atoms with van der Waals surface area (Å²) in [6.45, 7) is 28.2. The molecule has 1 aromatic rings. The van der Waals surface area contributed by atoms with Crippen molar-refractivity contribution in [3.63, 3.8) is 0 Å². The quantitative estimate of drug-likeness (QED) is 0.507. The Labute approximate surface area is 188 Å². The molecule has 0 unspecified atom stereocenters. The molecule has 1 aromatic carbocycles. The van der Waals surface area contributed by atoms with Gasteiger partial charge in [0.2, 0.25) is 0 Å². The first-order chi connectivity index (χ1) is 14.3. The van der Waals surface area contributed by atoms with Crippen LogP contribution in [0.2, 0.25) is 0 Å². The first-order valence-corrected chi connectivity index (χ1v) is 10.6.